The highest BCUT2D eigenvalue weighted by molar-refractivity contribution is 5.94. The maximum atomic E-state index is 12.9. The van der Waals surface area contributed by atoms with E-state index in [9.17, 15) is 9.18 Å². The van der Waals surface area contributed by atoms with Crippen LogP contribution >= 0.6 is 0 Å². The van der Waals surface area contributed by atoms with Crippen LogP contribution < -0.4 is 5.32 Å². The molecule has 1 fully saturated rings. The van der Waals surface area contributed by atoms with Crippen molar-refractivity contribution in [2.45, 2.75) is 13.0 Å². The van der Waals surface area contributed by atoms with Gasteiger partial charge in [-0.1, -0.05) is 0 Å². The Labute approximate surface area is 93.5 Å². The minimum atomic E-state index is -0.478. The molecule has 0 aliphatic carbocycles. The second kappa shape index (κ2) is 4.57. The van der Waals surface area contributed by atoms with Crippen molar-refractivity contribution in [3.63, 3.8) is 0 Å². The van der Waals surface area contributed by atoms with Gasteiger partial charge in [0.15, 0.2) is 0 Å². The van der Waals surface area contributed by atoms with Crippen LogP contribution in [0, 0.1) is 5.82 Å². The van der Waals surface area contributed by atoms with Crippen molar-refractivity contribution in [3.8, 4) is 0 Å². The van der Waals surface area contributed by atoms with Crippen molar-refractivity contribution in [1.29, 1.82) is 0 Å². The number of hydrogen-bond acceptors (Lipinski definition) is 3. The number of nitrogens with zero attached hydrogens (tertiary/aromatic N) is 2. The average molecular weight is 223 g/mol. The van der Waals surface area contributed by atoms with Crippen LogP contribution in [0.25, 0.3) is 0 Å². The molecule has 0 radical (unpaired) electrons. The van der Waals surface area contributed by atoms with E-state index in [-0.39, 0.29) is 11.9 Å². The molecule has 1 saturated heterocycles. The van der Waals surface area contributed by atoms with Gasteiger partial charge >= 0.3 is 0 Å². The van der Waals surface area contributed by atoms with Crippen LogP contribution in [0.4, 0.5) is 4.39 Å². The topological polar surface area (TPSA) is 45.2 Å². The van der Waals surface area contributed by atoms with Gasteiger partial charge in [0.25, 0.3) is 5.91 Å². The molecule has 1 aliphatic rings. The van der Waals surface area contributed by atoms with Crippen LogP contribution in [-0.4, -0.2) is 41.5 Å². The molecule has 0 aromatic carbocycles. The van der Waals surface area contributed by atoms with Crippen LogP contribution in [0.1, 0.15) is 17.3 Å². The van der Waals surface area contributed by atoms with Gasteiger partial charge in [0.2, 0.25) is 0 Å². The summed E-state index contributed by atoms with van der Waals surface area (Å²) in [6.07, 6.45) is 2.50. The second-order valence-corrected chi connectivity index (χ2v) is 3.94. The Morgan fingerprint density at radius 3 is 3.12 bits per heavy atom. The van der Waals surface area contributed by atoms with Gasteiger partial charge in [-0.05, 0) is 13.0 Å². The summed E-state index contributed by atoms with van der Waals surface area (Å²) in [6.45, 7) is 4.17. The van der Waals surface area contributed by atoms with Crippen molar-refractivity contribution < 1.29 is 9.18 Å². The van der Waals surface area contributed by atoms with Gasteiger partial charge in [-0.2, -0.15) is 0 Å². The smallest absolute Gasteiger partial charge is 0.255 e. The molecule has 16 heavy (non-hydrogen) atoms. The maximum Gasteiger partial charge on any atom is 0.255 e. The lowest BCUT2D eigenvalue weighted by Gasteiger charge is -2.33. The first-order valence-electron chi connectivity index (χ1n) is 5.30. The van der Waals surface area contributed by atoms with E-state index in [0.717, 1.165) is 19.3 Å². The predicted molar refractivity (Wildman–Crippen MR) is 57.6 cm³/mol. The molecular formula is C11H14FN3O. The fourth-order valence-electron chi connectivity index (χ4n) is 1.84. The number of amides is 1. The Kier molecular flexibility index (Phi) is 3.14. The number of pyridine rings is 1. The third kappa shape index (κ3) is 2.19. The number of carbonyl (C=O) groups excluding carboxylic acids is 1. The molecule has 1 aromatic heterocycles. The minimum Gasteiger partial charge on any atom is -0.333 e. The average Bonchev–Trinajstić information content (AvgIpc) is 2.29. The summed E-state index contributed by atoms with van der Waals surface area (Å²) < 4.78 is 12.9. The zero-order chi connectivity index (χ0) is 11.5. The van der Waals surface area contributed by atoms with E-state index in [1.807, 2.05) is 6.92 Å². The number of hydrogen-bond donors (Lipinski definition) is 1. The molecule has 0 saturated carbocycles. The van der Waals surface area contributed by atoms with Crippen LogP contribution in [0.5, 0.6) is 0 Å². The molecule has 1 amide bonds. The maximum absolute atomic E-state index is 12.9. The molecule has 0 bridgehead atoms. The molecule has 86 valence electrons. The normalized spacial score (nSPS) is 20.9. The van der Waals surface area contributed by atoms with Crippen LogP contribution in [0.3, 0.4) is 0 Å². The third-order valence-corrected chi connectivity index (χ3v) is 2.71. The Hall–Kier alpha value is -1.49. The van der Waals surface area contributed by atoms with Gasteiger partial charge in [-0.3, -0.25) is 9.78 Å². The predicted octanol–water partition coefficient (Wildman–Crippen LogP) is 0.655. The number of aromatic nitrogens is 1. The Morgan fingerprint density at radius 1 is 1.62 bits per heavy atom. The van der Waals surface area contributed by atoms with E-state index in [1.165, 1.54) is 12.3 Å². The Morgan fingerprint density at radius 2 is 2.44 bits per heavy atom. The fraction of sp³-hybridized carbons (Fsp3) is 0.455. The number of rotatable bonds is 1. The Balaban J connectivity index is 2.17. The van der Waals surface area contributed by atoms with Crippen molar-refractivity contribution in [3.05, 3.63) is 29.8 Å². The summed E-state index contributed by atoms with van der Waals surface area (Å²) in [4.78, 5) is 17.5. The van der Waals surface area contributed by atoms with E-state index >= 15 is 0 Å². The third-order valence-electron chi connectivity index (χ3n) is 2.71. The molecule has 4 nitrogen and oxygen atoms in total. The second-order valence-electron chi connectivity index (χ2n) is 3.94. The summed E-state index contributed by atoms with van der Waals surface area (Å²) in [5.74, 6) is -0.630. The number of halogens is 1. The van der Waals surface area contributed by atoms with E-state index < -0.39 is 5.82 Å². The molecule has 1 aliphatic heterocycles. The Bertz CT molecular complexity index is 397. The summed E-state index contributed by atoms with van der Waals surface area (Å²) in [5, 5.41) is 3.20. The molecule has 2 rings (SSSR count). The zero-order valence-corrected chi connectivity index (χ0v) is 9.11. The van der Waals surface area contributed by atoms with Crippen LogP contribution in [0.15, 0.2) is 18.5 Å². The van der Waals surface area contributed by atoms with Gasteiger partial charge in [0.05, 0.1) is 11.8 Å². The molecule has 1 atom stereocenters. The van der Waals surface area contributed by atoms with Gasteiger partial charge in [-0.25, -0.2) is 4.39 Å². The highest BCUT2D eigenvalue weighted by atomic mass is 19.1. The van der Waals surface area contributed by atoms with E-state index in [2.05, 4.69) is 10.3 Å². The molecule has 1 N–H and O–H groups in total. The van der Waals surface area contributed by atoms with Crippen molar-refractivity contribution >= 4 is 5.91 Å². The van der Waals surface area contributed by atoms with Crippen LogP contribution in [0.2, 0.25) is 0 Å². The quantitative estimate of drug-likeness (QED) is 0.760. The van der Waals surface area contributed by atoms with Crippen LogP contribution in [-0.2, 0) is 0 Å². The van der Waals surface area contributed by atoms with Gasteiger partial charge in [0, 0.05) is 31.9 Å². The largest absolute Gasteiger partial charge is 0.333 e. The monoisotopic (exact) mass is 223 g/mol. The molecule has 5 heteroatoms. The molecule has 0 unspecified atom stereocenters. The summed E-state index contributed by atoms with van der Waals surface area (Å²) in [6, 6.07) is 1.36. The molecule has 2 heterocycles. The first-order chi connectivity index (χ1) is 7.68. The van der Waals surface area contributed by atoms with E-state index in [1.54, 1.807) is 4.90 Å². The van der Waals surface area contributed by atoms with E-state index in [4.69, 9.17) is 0 Å². The number of carbonyl (C=O) groups is 1. The first kappa shape index (κ1) is 11.0. The molecule has 0 spiro atoms. The molecular weight excluding hydrogens is 209 g/mol. The molecule has 1 aromatic rings. The summed E-state index contributed by atoms with van der Waals surface area (Å²) in [7, 11) is 0. The number of piperazine rings is 1. The van der Waals surface area contributed by atoms with Crippen molar-refractivity contribution in [1.82, 2.24) is 15.2 Å². The van der Waals surface area contributed by atoms with Gasteiger partial charge < -0.3 is 10.2 Å². The fourth-order valence-corrected chi connectivity index (χ4v) is 1.84. The highest BCUT2D eigenvalue weighted by Gasteiger charge is 2.24. The number of nitrogens with one attached hydrogen (secondary N) is 1. The standard InChI is InChI=1S/C11H14FN3O/c1-8-5-13-2-3-15(8)11(16)9-4-10(12)7-14-6-9/h4,6-8,13H,2-3,5H2,1H3/t8-/m0/s1. The minimum absolute atomic E-state index is 0.129. The zero-order valence-electron chi connectivity index (χ0n) is 9.11. The first-order valence-corrected chi connectivity index (χ1v) is 5.30. The van der Waals surface area contributed by atoms with Gasteiger partial charge in [-0.15, -0.1) is 0 Å². The van der Waals surface area contributed by atoms with Gasteiger partial charge in [0.1, 0.15) is 5.82 Å². The van der Waals surface area contributed by atoms with Crippen molar-refractivity contribution in [2.75, 3.05) is 19.6 Å². The highest BCUT2D eigenvalue weighted by Crippen LogP contribution is 2.10. The summed E-state index contributed by atoms with van der Waals surface area (Å²) in [5.41, 5.74) is 0.314. The van der Waals surface area contributed by atoms with Crippen molar-refractivity contribution in [2.24, 2.45) is 0 Å². The SMILES string of the molecule is C[C@H]1CNCCN1C(=O)c1cncc(F)c1. The lowest BCUT2D eigenvalue weighted by Crippen LogP contribution is -2.52. The lowest BCUT2D eigenvalue weighted by molar-refractivity contribution is 0.0655. The lowest BCUT2D eigenvalue weighted by atomic mass is 10.1. The summed E-state index contributed by atoms with van der Waals surface area (Å²) >= 11 is 0. The van der Waals surface area contributed by atoms with E-state index in [0.29, 0.717) is 12.1 Å².